The van der Waals surface area contributed by atoms with Crippen LogP contribution in [0.25, 0.3) is 0 Å². The average Bonchev–Trinajstić information content (AvgIpc) is 2.80. The van der Waals surface area contributed by atoms with Crippen molar-refractivity contribution in [3.63, 3.8) is 0 Å². The highest BCUT2D eigenvalue weighted by molar-refractivity contribution is 5.88. The van der Waals surface area contributed by atoms with Gasteiger partial charge in [-0.15, -0.1) is 0 Å². The second-order valence-electron chi connectivity index (χ2n) is 5.38. The second kappa shape index (κ2) is 7.03. The van der Waals surface area contributed by atoms with Crippen molar-refractivity contribution >= 4 is 5.78 Å². The molecule has 7 N–H and O–H groups in total. The summed E-state index contributed by atoms with van der Waals surface area (Å²) < 4.78 is 15.3. The molecule has 0 radical (unpaired) electrons. The highest BCUT2D eigenvalue weighted by Crippen LogP contribution is 2.35. The van der Waals surface area contributed by atoms with Crippen molar-refractivity contribution in [2.75, 3.05) is 19.8 Å². The van der Waals surface area contributed by atoms with Crippen molar-refractivity contribution in [3.8, 4) is 0 Å². The van der Waals surface area contributed by atoms with Gasteiger partial charge in [0.15, 0.2) is 18.2 Å². The molecule has 2 aliphatic heterocycles. The Kier molecular flexibility index (Phi) is 5.68. The van der Waals surface area contributed by atoms with E-state index in [1.807, 2.05) is 0 Å². The summed E-state index contributed by atoms with van der Waals surface area (Å²) in [6.07, 6.45) is -11.6. The van der Waals surface area contributed by atoms with E-state index in [2.05, 4.69) is 0 Å². The van der Waals surface area contributed by atoms with Gasteiger partial charge in [-0.3, -0.25) is 4.79 Å². The summed E-state index contributed by atoms with van der Waals surface area (Å²) in [5.41, 5.74) is 0. The van der Waals surface area contributed by atoms with Gasteiger partial charge in [0.1, 0.15) is 37.1 Å². The van der Waals surface area contributed by atoms with E-state index in [9.17, 15) is 30.3 Å². The molecule has 0 aromatic rings. The minimum absolute atomic E-state index is 0.686. The monoisotopic (exact) mass is 340 g/mol. The SMILES string of the molecule is O=C1[C@@H](O)[C@@H](O[C@]2(CO)O[C@H](CO)[C@@H](O)[C@@H]2O)O[C@H](CO)[C@H]1O. The van der Waals surface area contributed by atoms with Crippen LogP contribution < -0.4 is 0 Å². The number of Topliss-reactive ketones (excluding diaryl/α,β-unsaturated/α-hetero) is 1. The molecule has 0 saturated carbocycles. The average molecular weight is 340 g/mol. The van der Waals surface area contributed by atoms with Gasteiger partial charge >= 0.3 is 0 Å². The quantitative estimate of drug-likeness (QED) is 0.253. The maximum absolute atomic E-state index is 11.7. The van der Waals surface area contributed by atoms with Crippen molar-refractivity contribution in [1.82, 2.24) is 0 Å². The first-order chi connectivity index (χ1) is 10.8. The fourth-order valence-corrected chi connectivity index (χ4v) is 2.52. The number of aliphatic hydroxyl groups excluding tert-OH is 7. The van der Waals surface area contributed by atoms with Crippen LogP contribution >= 0.6 is 0 Å². The molecular weight excluding hydrogens is 320 g/mol. The Morgan fingerprint density at radius 2 is 1.61 bits per heavy atom. The van der Waals surface area contributed by atoms with Gasteiger partial charge in [0.25, 0.3) is 0 Å². The Bertz CT molecular complexity index is 431. The molecule has 2 rings (SSSR count). The van der Waals surface area contributed by atoms with Gasteiger partial charge in [0.2, 0.25) is 5.79 Å². The highest BCUT2D eigenvalue weighted by Gasteiger charge is 2.58. The molecule has 0 aromatic carbocycles. The summed E-state index contributed by atoms with van der Waals surface area (Å²) >= 11 is 0. The van der Waals surface area contributed by atoms with Crippen LogP contribution in [0, 0.1) is 0 Å². The summed E-state index contributed by atoms with van der Waals surface area (Å²) in [7, 11) is 0. The Morgan fingerprint density at radius 3 is 2.09 bits per heavy atom. The zero-order chi connectivity index (χ0) is 17.4. The standard InChI is InChI=1S/C12H20O11/c13-1-4-6(16)8(18)9(19)11(21-4)23-12(3-15)10(20)7(17)5(2-14)22-12/h4-7,9-11,13-17,19-20H,1-3H2/t4-,5-,6-,7-,9-,10+,11-,12+/m1/s1. The first kappa shape index (κ1) is 18.6. The molecule has 11 heteroatoms. The first-order valence-electron chi connectivity index (χ1n) is 6.91. The summed E-state index contributed by atoms with van der Waals surface area (Å²) in [6.45, 7) is -2.43. The third kappa shape index (κ3) is 3.13. The molecule has 0 unspecified atom stereocenters. The molecule has 8 atom stereocenters. The van der Waals surface area contributed by atoms with E-state index < -0.39 is 74.3 Å². The van der Waals surface area contributed by atoms with E-state index in [1.165, 1.54) is 0 Å². The van der Waals surface area contributed by atoms with Crippen LogP contribution in [0.3, 0.4) is 0 Å². The van der Waals surface area contributed by atoms with Crippen molar-refractivity contribution < 1.29 is 54.8 Å². The summed E-state index contributed by atoms with van der Waals surface area (Å²) in [6, 6.07) is 0. The highest BCUT2D eigenvalue weighted by atomic mass is 16.8. The first-order valence-corrected chi connectivity index (χ1v) is 6.91. The minimum Gasteiger partial charge on any atom is -0.394 e. The fourth-order valence-electron chi connectivity index (χ4n) is 2.52. The smallest absolute Gasteiger partial charge is 0.224 e. The fraction of sp³-hybridized carbons (Fsp3) is 0.917. The Morgan fingerprint density at radius 1 is 1.00 bits per heavy atom. The van der Waals surface area contributed by atoms with Gasteiger partial charge in [0.05, 0.1) is 13.2 Å². The summed E-state index contributed by atoms with van der Waals surface area (Å²) in [5.74, 6) is -3.35. The Labute approximate surface area is 130 Å². The molecular formula is C12H20O11. The van der Waals surface area contributed by atoms with E-state index >= 15 is 0 Å². The van der Waals surface area contributed by atoms with Crippen LogP contribution in [0.5, 0.6) is 0 Å². The van der Waals surface area contributed by atoms with Crippen molar-refractivity contribution in [2.45, 2.75) is 48.7 Å². The molecule has 2 saturated heterocycles. The number of aliphatic hydroxyl groups is 7. The molecule has 0 aromatic heterocycles. The number of ketones is 1. The number of hydrogen-bond acceptors (Lipinski definition) is 11. The van der Waals surface area contributed by atoms with Crippen LogP contribution in [0.2, 0.25) is 0 Å². The van der Waals surface area contributed by atoms with Crippen LogP contribution in [0.15, 0.2) is 0 Å². The maximum atomic E-state index is 11.7. The van der Waals surface area contributed by atoms with Crippen LogP contribution in [0.1, 0.15) is 0 Å². The third-order valence-electron chi connectivity index (χ3n) is 3.90. The lowest BCUT2D eigenvalue weighted by Crippen LogP contribution is -2.61. The molecule has 0 spiro atoms. The van der Waals surface area contributed by atoms with Crippen molar-refractivity contribution in [3.05, 3.63) is 0 Å². The molecule has 23 heavy (non-hydrogen) atoms. The van der Waals surface area contributed by atoms with E-state index in [-0.39, 0.29) is 0 Å². The van der Waals surface area contributed by atoms with Crippen molar-refractivity contribution in [2.24, 2.45) is 0 Å². The summed E-state index contributed by atoms with van der Waals surface area (Å²) in [4.78, 5) is 11.7. The molecule has 0 aliphatic carbocycles. The number of carbonyl (C=O) groups is 1. The van der Waals surface area contributed by atoms with Crippen LogP contribution in [-0.4, -0.2) is 110 Å². The molecule has 134 valence electrons. The van der Waals surface area contributed by atoms with Gasteiger partial charge in [0, 0.05) is 0 Å². The van der Waals surface area contributed by atoms with Gasteiger partial charge in [-0.2, -0.15) is 0 Å². The second-order valence-corrected chi connectivity index (χ2v) is 5.38. The molecule has 2 heterocycles. The lowest BCUT2D eigenvalue weighted by Gasteiger charge is -2.40. The van der Waals surface area contributed by atoms with E-state index in [1.54, 1.807) is 0 Å². The third-order valence-corrected chi connectivity index (χ3v) is 3.90. The van der Waals surface area contributed by atoms with Gasteiger partial charge in [-0.05, 0) is 0 Å². The lowest BCUT2D eigenvalue weighted by atomic mass is 10.0. The number of rotatable bonds is 5. The summed E-state index contributed by atoms with van der Waals surface area (Å²) in [5, 5.41) is 66.6. The van der Waals surface area contributed by atoms with Crippen molar-refractivity contribution in [1.29, 1.82) is 0 Å². The molecule has 2 fully saturated rings. The predicted molar refractivity (Wildman–Crippen MR) is 67.6 cm³/mol. The number of carbonyl (C=O) groups excluding carboxylic acids is 1. The van der Waals surface area contributed by atoms with Crippen LogP contribution in [-0.2, 0) is 19.0 Å². The van der Waals surface area contributed by atoms with Crippen LogP contribution in [0.4, 0.5) is 0 Å². The predicted octanol–water partition coefficient (Wildman–Crippen LogP) is -5.19. The maximum Gasteiger partial charge on any atom is 0.224 e. The topological polar surface area (TPSA) is 186 Å². The zero-order valence-corrected chi connectivity index (χ0v) is 11.9. The Balaban J connectivity index is 2.19. The van der Waals surface area contributed by atoms with Gasteiger partial charge in [-0.25, -0.2) is 0 Å². The molecule has 0 bridgehead atoms. The van der Waals surface area contributed by atoms with E-state index in [0.29, 0.717) is 0 Å². The van der Waals surface area contributed by atoms with E-state index in [4.69, 9.17) is 24.4 Å². The largest absolute Gasteiger partial charge is 0.394 e. The normalized spacial score (nSPS) is 48.0. The molecule has 2 aliphatic rings. The number of hydrogen-bond donors (Lipinski definition) is 7. The molecule has 0 amide bonds. The zero-order valence-electron chi connectivity index (χ0n) is 11.9. The lowest BCUT2D eigenvalue weighted by molar-refractivity contribution is -0.363. The van der Waals surface area contributed by atoms with Gasteiger partial charge < -0.3 is 50.0 Å². The minimum atomic E-state index is -2.26. The Hall–Kier alpha value is -0.730. The van der Waals surface area contributed by atoms with E-state index in [0.717, 1.165) is 0 Å². The number of ether oxygens (including phenoxy) is 3. The van der Waals surface area contributed by atoms with Gasteiger partial charge in [-0.1, -0.05) is 0 Å². The molecule has 11 nitrogen and oxygen atoms in total.